The Labute approximate surface area is 236 Å². The molecule has 0 unspecified atom stereocenters. The maximum absolute atomic E-state index is 9.32. The molecule has 0 fully saturated rings. The highest BCUT2D eigenvalue weighted by Gasteiger charge is 2.16. The molecule has 8 aromatic rings. The summed E-state index contributed by atoms with van der Waals surface area (Å²) in [5.41, 5.74) is 6.61. The first-order valence-corrected chi connectivity index (χ1v) is 13.6. The Morgan fingerprint density at radius 3 is 1.76 bits per heavy atom. The predicted molar refractivity (Wildman–Crippen MR) is 167 cm³/mol. The van der Waals surface area contributed by atoms with Crippen molar-refractivity contribution < 1.29 is 0 Å². The van der Waals surface area contributed by atoms with Gasteiger partial charge in [0.25, 0.3) is 0 Å². The van der Waals surface area contributed by atoms with Crippen LogP contribution in [0.3, 0.4) is 0 Å². The molecule has 0 radical (unpaired) electrons. The third kappa shape index (κ3) is 3.76. The van der Waals surface area contributed by atoms with Crippen LogP contribution in [0, 0.1) is 11.3 Å². The van der Waals surface area contributed by atoms with E-state index in [1.807, 2.05) is 36.4 Å². The normalized spacial score (nSPS) is 11.4. The molecule has 0 saturated heterocycles. The smallest absolute Gasteiger partial charge is 0.235 e. The summed E-state index contributed by atoms with van der Waals surface area (Å²) >= 11 is 0. The molecule has 0 atom stereocenters. The minimum absolute atomic E-state index is 0.640. The fraction of sp³-hybridized carbons (Fsp3) is 0. The minimum atomic E-state index is 0.640. The van der Waals surface area contributed by atoms with Gasteiger partial charge in [0.05, 0.1) is 34.1 Å². The van der Waals surface area contributed by atoms with Crippen LogP contribution in [-0.2, 0) is 0 Å². The van der Waals surface area contributed by atoms with Gasteiger partial charge in [-0.3, -0.25) is 4.57 Å². The van der Waals surface area contributed by atoms with Crippen LogP contribution in [0.2, 0.25) is 0 Å². The first-order valence-electron chi connectivity index (χ1n) is 13.6. The lowest BCUT2D eigenvalue weighted by molar-refractivity contribution is 0.996. The fourth-order valence-electron chi connectivity index (χ4n) is 5.88. The largest absolute Gasteiger partial charge is 0.278 e. The van der Waals surface area contributed by atoms with E-state index in [2.05, 4.69) is 108 Å². The first kappa shape index (κ1) is 23.1. The van der Waals surface area contributed by atoms with Gasteiger partial charge in [-0.1, -0.05) is 97.1 Å². The zero-order valence-corrected chi connectivity index (χ0v) is 22.0. The number of nitriles is 1. The molecule has 6 aromatic carbocycles. The lowest BCUT2D eigenvalue weighted by Crippen LogP contribution is -2.03. The van der Waals surface area contributed by atoms with E-state index in [9.17, 15) is 5.26 Å². The van der Waals surface area contributed by atoms with Crippen LogP contribution < -0.4 is 0 Å². The van der Waals surface area contributed by atoms with Gasteiger partial charge in [-0.2, -0.15) is 5.26 Å². The van der Waals surface area contributed by atoms with Crippen molar-refractivity contribution in [1.82, 2.24) is 14.5 Å². The lowest BCUT2D eigenvalue weighted by atomic mass is 9.98. The van der Waals surface area contributed by atoms with E-state index in [-0.39, 0.29) is 0 Å². The highest BCUT2D eigenvalue weighted by molar-refractivity contribution is 6.10. The standard InChI is InChI=1S/C37H22N4/c38-23-24-14-18-29-26(20-24)15-16-27-21-28(17-19-30(27)29)34-22-33(25-8-2-1-3-9-25)39-37(40-34)41-35-12-6-4-10-31(35)32-11-5-7-13-36(32)41/h1-22H. The Balaban J connectivity index is 1.38. The number of aromatic nitrogens is 3. The van der Waals surface area contributed by atoms with Crippen molar-refractivity contribution in [1.29, 1.82) is 5.26 Å². The Morgan fingerprint density at radius 1 is 0.488 bits per heavy atom. The van der Waals surface area contributed by atoms with Crippen molar-refractivity contribution in [3.8, 4) is 34.5 Å². The first-order chi connectivity index (χ1) is 20.3. The molecule has 0 aliphatic rings. The molecule has 2 aromatic heterocycles. The van der Waals surface area contributed by atoms with E-state index in [0.29, 0.717) is 11.5 Å². The summed E-state index contributed by atoms with van der Waals surface area (Å²) in [6.45, 7) is 0. The van der Waals surface area contributed by atoms with E-state index in [1.165, 1.54) is 10.8 Å². The fourth-order valence-corrected chi connectivity index (χ4v) is 5.88. The molecule has 0 spiro atoms. The number of fused-ring (bicyclic) bond motifs is 6. The average molecular weight is 523 g/mol. The average Bonchev–Trinajstić information content (AvgIpc) is 3.39. The van der Waals surface area contributed by atoms with E-state index < -0.39 is 0 Å². The summed E-state index contributed by atoms with van der Waals surface area (Å²) < 4.78 is 2.17. The van der Waals surface area contributed by atoms with E-state index in [0.717, 1.165) is 55.1 Å². The molecule has 0 aliphatic heterocycles. The maximum Gasteiger partial charge on any atom is 0.235 e. The summed E-state index contributed by atoms with van der Waals surface area (Å²) in [6, 6.07) is 48.0. The van der Waals surface area contributed by atoms with Crippen molar-refractivity contribution in [2.45, 2.75) is 0 Å². The molecular weight excluding hydrogens is 500 g/mol. The van der Waals surface area contributed by atoms with Crippen LogP contribution in [0.4, 0.5) is 0 Å². The third-order valence-corrected chi connectivity index (χ3v) is 7.82. The zero-order chi connectivity index (χ0) is 27.3. The molecule has 4 heteroatoms. The molecule has 2 heterocycles. The second-order valence-electron chi connectivity index (χ2n) is 10.2. The van der Waals surface area contributed by atoms with Crippen LogP contribution in [0.15, 0.2) is 133 Å². The topological polar surface area (TPSA) is 54.5 Å². The predicted octanol–water partition coefficient (Wildman–Crippen LogP) is 9.09. The Kier molecular flexibility index (Phi) is 5.16. The van der Waals surface area contributed by atoms with Crippen LogP contribution >= 0.6 is 0 Å². The summed E-state index contributed by atoms with van der Waals surface area (Å²) in [5.74, 6) is 0.640. The molecule has 190 valence electrons. The molecule has 0 saturated carbocycles. The van der Waals surface area contributed by atoms with Crippen LogP contribution in [0.1, 0.15) is 5.56 Å². The molecule has 0 aliphatic carbocycles. The second-order valence-corrected chi connectivity index (χ2v) is 10.2. The molecular formula is C37H22N4. The molecule has 8 rings (SSSR count). The SMILES string of the molecule is N#Cc1ccc2c(ccc3cc(-c4cc(-c5ccccc5)nc(-n5c6ccccc6c6ccccc65)n4)ccc32)c1. The van der Waals surface area contributed by atoms with Crippen molar-refractivity contribution in [3.63, 3.8) is 0 Å². The number of hydrogen-bond donors (Lipinski definition) is 0. The van der Waals surface area contributed by atoms with Gasteiger partial charge in [0.1, 0.15) is 0 Å². The van der Waals surface area contributed by atoms with Gasteiger partial charge in [0.15, 0.2) is 0 Å². The molecule has 0 bridgehead atoms. The van der Waals surface area contributed by atoms with Gasteiger partial charge in [-0.25, -0.2) is 9.97 Å². The molecule has 0 amide bonds. The van der Waals surface area contributed by atoms with Crippen molar-refractivity contribution in [3.05, 3.63) is 139 Å². The Morgan fingerprint density at radius 2 is 1.07 bits per heavy atom. The van der Waals surface area contributed by atoms with Gasteiger partial charge in [-0.15, -0.1) is 0 Å². The number of rotatable bonds is 3. The lowest BCUT2D eigenvalue weighted by Gasteiger charge is -2.12. The quantitative estimate of drug-likeness (QED) is 0.217. The monoisotopic (exact) mass is 522 g/mol. The summed E-state index contributed by atoms with van der Waals surface area (Å²) in [5, 5.41) is 16.1. The highest BCUT2D eigenvalue weighted by Crippen LogP contribution is 2.34. The van der Waals surface area contributed by atoms with E-state index in [4.69, 9.17) is 9.97 Å². The molecule has 41 heavy (non-hydrogen) atoms. The Bertz CT molecular complexity index is 2270. The molecule has 4 nitrogen and oxygen atoms in total. The number of para-hydroxylation sites is 2. The van der Waals surface area contributed by atoms with Gasteiger partial charge >= 0.3 is 0 Å². The Hall–Kier alpha value is -5.79. The number of benzene rings is 6. The van der Waals surface area contributed by atoms with Crippen molar-refractivity contribution >= 4 is 43.4 Å². The van der Waals surface area contributed by atoms with Crippen LogP contribution in [0.5, 0.6) is 0 Å². The maximum atomic E-state index is 9.32. The van der Waals surface area contributed by atoms with Gasteiger partial charge < -0.3 is 0 Å². The number of nitrogens with zero attached hydrogens (tertiary/aromatic N) is 4. The van der Waals surface area contributed by atoms with Gasteiger partial charge in [0.2, 0.25) is 5.95 Å². The second kappa shape index (κ2) is 9.15. The minimum Gasteiger partial charge on any atom is -0.278 e. The van der Waals surface area contributed by atoms with Crippen molar-refractivity contribution in [2.75, 3.05) is 0 Å². The van der Waals surface area contributed by atoms with E-state index >= 15 is 0 Å². The third-order valence-electron chi connectivity index (χ3n) is 7.82. The molecule has 0 N–H and O–H groups in total. The van der Waals surface area contributed by atoms with Crippen LogP contribution in [-0.4, -0.2) is 14.5 Å². The van der Waals surface area contributed by atoms with Gasteiger partial charge in [0, 0.05) is 21.9 Å². The highest BCUT2D eigenvalue weighted by atomic mass is 15.2. The van der Waals surface area contributed by atoms with Crippen LogP contribution in [0.25, 0.3) is 71.8 Å². The van der Waals surface area contributed by atoms with Crippen molar-refractivity contribution in [2.24, 2.45) is 0 Å². The summed E-state index contributed by atoms with van der Waals surface area (Å²) in [4.78, 5) is 10.3. The number of hydrogen-bond acceptors (Lipinski definition) is 3. The summed E-state index contributed by atoms with van der Waals surface area (Å²) in [6.07, 6.45) is 0. The summed E-state index contributed by atoms with van der Waals surface area (Å²) in [7, 11) is 0. The zero-order valence-electron chi connectivity index (χ0n) is 22.0. The van der Waals surface area contributed by atoms with E-state index in [1.54, 1.807) is 0 Å². The van der Waals surface area contributed by atoms with Gasteiger partial charge in [-0.05, 0) is 57.9 Å².